The number of carboxylic acids is 1. The average molecular weight is 361 g/mol. The lowest BCUT2D eigenvalue weighted by Crippen LogP contribution is -2.30. The number of benzene rings is 1. The molecule has 5 nitrogen and oxygen atoms in total. The molecule has 1 amide bonds. The summed E-state index contributed by atoms with van der Waals surface area (Å²) in [6.45, 7) is 1.97. The van der Waals surface area contributed by atoms with Crippen molar-refractivity contribution in [1.82, 2.24) is 0 Å². The zero-order valence-corrected chi connectivity index (χ0v) is 13.5. The molecule has 1 aromatic rings. The molecule has 1 unspecified atom stereocenters. The summed E-state index contributed by atoms with van der Waals surface area (Å²) in [6.07, 6.45) is 0.349. The third-order valence-electron chi connectivity index (χ3n) is 2.52. The van der Waals surface area contributed by atoms with Gasteiger partial charge in [-0.25, -0.2) is 0 Å². The van der Waals surface area contributed by atoms with Gasteiger partial charge >= 0.3 is 5.97 Å². The van der Waals surface area contributed by atoms with Gasteiger partial charge in [-0.2, -0.15) is 11.8 Å². The van der Waals surface area contributed by atoms with Crippen molar-refractivity contribution >= 4 is 45.3 Å². The Morgan fingerprint density at radius 1 is 1.50 bits per heavy atom. The first-order chi connectivity index (χ1) is 9.40. The molecule has 110 valence electrons. The zero-order valence-electron chi connectivity index (χ0n) is 11.1. The molecule has 0 aliphatic carbocycles. The van der Waals surface area contributed by atoms with Gasteiger partial charge in [-0.3, -0.25) is 9.59 Å². The molecule has 0 heterocycles. The first-order valence-corrected chi connectivity index (χ1v) is 7.97. The Morgan fingerprint density at radius 3 is 2.80 bits per heavy atom. The number of thioether (sulfide) groups is 1. The number of aryl methyl sites for hydroxylation is 1. The van der Waals surface area contributed by atoms with Crippen LogP contribution in [0.25, 0.3) is 0 Å². The Morgan fingerprint density at radius 2 is 2.20 bits per heavy atom. The van der Waals surface area contributed by atoms with Crippen LogP contribution in [-0.2, 0) is 9.59 Å². The largest absolute Gasteiger partial charge is 0.480 e. The molecule has 1 atom stereocenters. The topological polar surface area (TPSA) is 92.4 Å². The van der Waals surface area contributed by atoms with Crippen molar-refractivity contribution in [2.24, 2.45) is 5.73 Å². The van der Waals surface area contributed by atoms with Crippen LogP contribution in [-0.4, -0.2) is 34.5 Å². The van der Waals surface area contributed by atoms with E-state index in [1.807, 2.05) is 25.1 Å². The van der Waals surface area contributed by atoms with E-state index in [4.69, 9.17) is 10.8 Å². The van der Waals surface area contributed by atoms with Gasteiger partial charge in [0.25, 0.3) is 0 Å². The summed E-state index contributed by atoms with van der Waals surface area (Å²) in [5.41, 5.74) is 7.20. The third-order valence-corrected chi connectivity index (χ3v) is 4.17. The fourth-order valence-electron chi connectivity index (χ4n) is 1.41. The highest BCUT2D eigenvalue weighted by Gasteiger charge is 2.11. The quantitative estimate of drug-likeness (QED) is 0.648. The molecule has 0 spiro atoms. The minimum absolute atomic E-state index is 0.122. The van der Waals surface area contributed by atoms with E-state index in [-0.39, 0.29) is 11.7 Å². The molecule has 0 aromatic heterocycles. The van der Waals surface area contributed by atoms with E-state index in [0.29, 0.717) is 12.2 Å². The van der Waals surface area contributed by atoms with Crippen molar-refractivity contribution in [3.63, 3.8) is 0 Å². The number of aliphatic carboxylic acids is 1. The fourth-order valence-corrected chi connectivity index (χ4v) is 2.82. The standard InChI is InChI=1S/C13H17BrN2O3S/c1-8-2-3-11(9(14)6-8)16-12(17)7-20-5-4-10(15)13(18)19/h2-3,6,10H,4-5,7,15H2,1H3,(H,16,17)(H,18,19). The number of hydrogen-bond donors (Lipinski definition) is 3. The van der Waals surface area contributed by atoms with Crippen LogP contribution in [0.2, 0.25) is 0 Å². The number of carbonyl (C=O) groups excluding carboxylic acids is 1. The van der Waals surface area contributed by atoms with E-state index in [1.165, 1.54) is 11.8 Å². The number of nitrogens with two attached hydrogens (primary N) is 1. The van der Waals surface area contributed by atoms with Crippen LogP contribution in [0, 0.1) is 6.92 Å². The molecule has 0 aliphatic heterocycles. The van der Waals surface area contributed by atoms with Crippen LogP contribution in [0.4, 0.5) is 5.69 Å². The normalized spacial score (nSPS) is 11.9. The molecule has 0 aliphatic rings. The number of hydrogen-bond acceptors (Lipinski definition) is 4. The maximum atomic E-state index is 11.7. The highest BCUT2D eigenvalue weighted by molar-refractivity contribution is 9.10. The van der Waals surface area contributed by atoms with Gasteiger partial charge in [-0.1, -0.05) is 6.07 Å². The Kier molecular flexibility index (Phi) is 7.04. The summed E-state index contributed by atoms with van der Waals surface area (Å²) >= 11 is 4.75. The van der Waals surface area contributed by atoms with Crippen LogP contribution in [0.1, 0.15) is 12.0 Å². The van der Waals surface area contributed by atoms with Crippen LogP contribution < -0.4 is 11.1 Å². The molecule has 0 fully saturated rings. The number of carbonyl (C=O) groups is 2. The highest BCUT2D eigenvalue weighted by atomic mass is 79.9. The monoisotopic (exact) mass is 360 g/mol. The summed E-state index contributed by atoms with van der Waals surface area (Å²) in [5.74, 6) is -0.329. The van der Waals surface area contributed by atoms with Crippen LogP contribution >= 0.6 is 27.7 Å². The predicted octanol–water partition coefficient (Wildman–Crippen LogP) is 2.23. The molecular formula is C13H17BrN2O3S. The van der Waals surface area contributed by atoms with Gasteiger partial charge in [-0.05, 0) is 52.7 Å². The van der Waals surface area contributed by atoms with Crippen LogP contribution in [0.5, 0.6) is 0 Å². The Bertz CT molecular complexity index is 497. The van der Waals surface area contributed by atoms with Gasteiger partial charge < -0.3 is 16.2 Å². The van der Waals surface area contributed by atoms with Gasteiger partial charge in [-0.15, -0.1) is 0 Å². The van der Waals surface area contributed by atoms with E-state index in [0.717, 1.165) is 15.7 Å². The lowest BCUT2D eigenvalue weighted by atomic mass is 10.2. The van der Waals surface area contributed by atoms with E-state index >= 15 is 0 Å². The van der Waals surface area contributed by atoms with Crippen molar-refractivity contribution in [3.05, 3.63) is 28.2 Å². The van der Waals surface area contributed by atoms with Gasteiger partial charge in [0, 0.05) is 4.47 Å². The summed E-state index contributed by atoms with van der Waals surface area (Å²) in [6, 6.07) is 4.81. The van der Waals surface area contributed by atoms with E-state index in [1.54, 1.807) is 0 Å². The fraction of sp³-hybridized carbons (Fsp3) is 0.385. The molecule has 0 saturated heterocycles. The molecule has 7 heteroatoms. The van der Waals surface area contributed by atoms with E-state index in [9.17, 15) is 9.59 Å². The molecule has 1 aromatic carbocycles. The zero-order chi connectivity index (χ0) is 15.1. The third kappa shape index (κ3) is 5.94. The van der Waals surface area contributed by atoms with Crippen molar-refractivity contribution in [2.45, 2.75) is 19.4 Å². The van der Waals surface area contributed by atoms with E-state index < -0.39 is 12.0 Å². The molecule has 0 bridgehead atoms. The lowest BCUT2D eigenvalue weighted by molar-refractivity contribution is -0.138. The minimum Gasteiger partial charge on any atom is -0.480 e. The smallest absolute Gasteiger partial charge is 0.320 e. The second kappa shape index (κ2) is 8.28. The first kappa shape index (κ1) is 17.0. The molecule has 4 N–H and O–H groups in total. The van der Waals surface area contributed by atoms with Gasteiger partial charge in [0.15, 0.2) is 0 Å². The molecular weight excluding hydrogens is 344 g/mol. The van der Waals surface area contributed by atoms with Crippen molar-refractivity contribution in [1.29, 1.82) is 0 Å². The van der Waals surface area contributed by atoms with Crippen molar-refractivity contribution in [2.75, 3.05) is 16.8 Å². The molecule has 1 rings (SSSR count). The number of halogens is 1. The second-order valence-corrected chi connectivity index (χ2v) is 6.28. The lowest BCUT2D eigenvalue weighted by Gasteiger charge is -2.09. The maximum Gasteiger partial charge on any atom is 0.320 e. The number of anilines is 1. The van der Waals surface area contributed by atoms with E-state index in [2.05, 4.69) is 21.2 Å². The predicted molar refractivity (Wildman–Crippen MR) is 85.1 cm³/mol. The summed E-state index contributed by atoms with van der Waals surface area (Å²) in [7, 11) is 0. The van der Waals surface area contributed by atoms with Gasteiger partial charge in [0.05, 0.1) is 11.4 Å². The van der Waals surface area contributed by atoms with Crippen molar-refractivity contribution < 1.29 is 14.7 Å². The summed E-state index contributed by atoms with van der Waals surface area (Å²) < 4.78 is 0.837. The van der Waals surface area contributed by atoms with Crippen LogP contribution in [0.15, 0.2) is 22.7 Å². The SMILES string of the molecule is Cc1ccc(NC(=O)CSCCC(N)C(=O)O)c(Br)c1. The molecule has 20 heavy (non-hydrogen) atoms. The highest BCUT2D eigenvalue weighted by Crippen LogP contribution is 2.23. The summed E-state index contributed by atoms with van der Waals surface area (Å²) in [5, 5.41) is 11.4. The van der Waals surface area contributed by atoms with Crippen molar-refractivity contribution in [3.8, 4) is 0 Å². The second-order valence-electron chi connectivity index (χ2n) is 4.32. The number of carboxylic acid groups (broad SMARTS) is 1. The number of rotatable bonds is 7. The van der Waals surface area contributed by atoms with Crippen LogP contribution in [0.3, 0.4) is 0 Å². The summed E-state index contributed by atoms with van der Waals surface area (Å²) in [4.78, 5) is 22.2. The molecule has 0 saturated carbocycles. The van der Waals surface area contributed by atoms with Gasteiger partial charge in [0.2, 0.25) is 5.91 Å². The Balaban J connectivity index is 2.32. The number of amides is 1. The van der Waals surface area contributed by atoms with Gasteiger partial charge in [0.1, 0.15) is 6.04 Å². The number of nitrogens with one attached hydrogen (secondary N) is 1. The minimum atomic E-state index is -1.02. The first-order valence-electron chi connectivity index (χ1n) is 6.02. The maximum absolute atomic E-state index is 11.7. The molecule has 0 radical (unpaired) electrons. The Hall–Kier alpha value is -1.05. The Labute approximate surface area is 130 Å². The average Bonchev–Trinajstić information content (AvgIpc) is 2.37.